The molecule has 3 atom stereocenters. The summed E-state index contributed by atoms with van der Waals surface area (Å²) in [5.74, 6) is 0. The van der Waals surface area contributed by atoms with E-state index in [1.165, 1.54) is 22.5 Å². The van der Waals surface area contributed by atoms with Crippen LogP contribution in [-0.2, 0) is 10.0 Å². The lowest BCUT2D eigenvalue weighted by molar-refractivity contribution is 0.0867. The maximum Gasteiger partial charge on any atom is 0.243 e. The molecule has 0 unspecified atom stereocenters. The highest BCUT2D eigenvalue weighted by Gasteiger charge is 2.41. The molecule has 1 aromatic carbocycles. The van der Waals surface area contributed by atoms with Crippen LogP contribution in [0.4, 0.5) is 0 Å². The lowest BCUT2D eigenvalue weighted by Gasteiger charge is -2.41. The van der Waals surface area contributed by atoms with Crippen molar-refractivity contribution in [3.8, 4) is 0 Å². The van der Waals surface area contributed by atoms with Crippen LogP contribution in [0.2, 0.25) is 5.02 Å². The fraction of sp³-hybridized carbons (Fsp3) is 0.375. The minimum Gasteiger partial charge on any atom is -0.387 e. The molecule has 0 radical (unpaired) electrons. The second-order valence-electron chi connectivity index (χ2n) is 5.32. The molecule has 22 heavy (non-hydrogen) atoms. The predicted octanol–water partition coefficient (Wildman–Crippen LogP) is 2.98. The van der Waals surface area contributed by atoms with E-state index in [1.54, 1.807) is 18.2 Å². The zero-order chi connectivity index (χ0) is 16.3. The minimum absolute atomic E-state index is 0.159. The standard InChI is InChI=1S/C16H20ClNO3S/c1-3-13-6-5-7-15(16(19)4-2)18(13)22(20,21)14-10-8-12(17)9-11-14/h3-4,8-11,13,15-16,19H,1-2,5-7H2/t13-,15-,16+/m0/s1. The molecule has 1 fully saturated rings. The van der Waals surface area contributed by atoms with Gasteiger partial charge in [-0.2, -0.15) is 4.31 Å². The van der Waals surface area contributed by atoms with Crippen molar-refractivity contribution in [1.82, 2.24) is 4.31 Å². The van der Waals surface area contributed by atoms with E-state index in [0.29, 0.717) is 17.9 Å². The van der Waals surface area contributed by atoms with Gasteiger partial charge in [-0.1, -0.05) is 23.8 Å². The number of rotatable bonds is 5. The van der Waals surface area contributed by atoms with Gasteiger partial charge >= 0.3 is 0 Å². The van der Waals surface area contributed by atoms with Crippen molar-refractivity contribution in [3.63, 3.8) is 0 Å². The largest absolute Gasteiger partial charge is 0.387 e. The van der Waals surface area contributed by atoms with Gasteiger partial charge in [-0.3, -0.25) is 0 Å². The van der Waals surface area contributed by atoms with Crippen LogP contribution in [0, 0.1) is 0 Å². The van der Waals surface area contributed by atoms with Crippen LogP contribution >= 0.6 is 11.6 Å². The molecule has 120 valence electrons. The average Bonchev–Trinajstić information content (AvgIpc) is 2.53. The van der Waals surface area contributed by atoms with Gasteiger partial charge in [0.1, 0.15) is 0 Å². The third kappa shape index (κ3) is 3.27. The summed E-state index contributed by atoms with van der Waals surface area (Å²) in [5.41, 5.74) is 0. The Balaban J connectivity index is 2.48. The predicted molar refractivity (Wildman–Crippen MR) is 88.3 cm³/mol. The van der Waals surface area contributed by atoms with Crippen molar-refractivity contribution in [3.05, 3.63) is 54.6 Å². The number of aliphatic hydroxyl groups excluding tert-OH is 1. The molecule has 1 aliphatic heterocycles. The number of sulfonamides is 1. The topological polar surface area (TPSA) is 57.6 Å². The Morgan fingerprint density at radius 1 is 1.27 bits per heavy atom. The molecule has 1 aromatic rings. The Morgan fingerprint density at radius 3 is 2.45 bits per heavy atom. The summed E-state index contributed by atoms with van der Waals surface area (Å²) in [6.07, 6.45) is 4.19. The van der Waals surface area contributed by atoms with Crippen LogP contribution < -0.4 is 0 Å². The van der Waals surface area contributed by atoms with Gasteiger partial charge < -0.3 is 5.11 Å². The first-order valence-electron chi connectivity index (χ1n) is 7.14. The van der Waals surface area contributed by atoms with Crippen LogP contribution in [0.25, 0.3) is 0 Å². The lowest BCUT2D eigenvalue weighted by Crippen LogP contribution is -2.53. The third-order valence-electron chi connectivity index (χ3n) is 3.95. The highest BCUT2D eigenvalue weighted by Crippen LogP contribution is 2.32. The molecule has 0 spiro atoms. The van der Waals surface area contributed by atoms with E-state index < -0.39 is 22.2 Å². The quantitative estimate of drug-likeness (QED) is 0.838. The van der Waals surface area contributed by atoms with Gasteiger partial charge in [-0.15, -0.1) is 13.2 Å². The van der Waals surface area contributed by atoms with Gasteiger partial charge in [0.15, 0.2) is 0 Å². The fourth-order valence-corrected chi connectivity index (χ4v) is 4.81. The van der Waals surface area contributed by atoms with Crippen LogP contribution in [0.15, 0.2) is 54.5 Å². The molecule has 2 rings (SSSR count). The van der Waals surface area contributed by atoms with Crippen LogP contribution in [0.3, 0.4) is 0 Å². The van der Waals surface area contributed by atoms with E-state index >= 15 is 0 Å². The molecular formula is C16H20ClNO3S. The molecule has 0 aromatic heterocycles. The number of benzene rings is 1. The van der Waals surface area contributed by atoms with Crippen molar-refractivity contribution < 1.29 is 13.5 Å². The van der Waals surface area contributed by atoms with E-state index in [2.05, 4.69) is 13.2 Å². The number of piperidine rings is 1. The van der Waals surface area contributed by atoms with Crippen molar-refractivity contribution in [2.45, 2.75) is 42.3 Å². The van der Waals surface area contributed by atoms with Gasteiger partial charge in [0.05, 0.1) is 17.0 Å². The van der Waals surface area contributed by atoms with Crippen molar-refractivity contribution >= 4 is 21.6 Å². The molecule has 0 bridgehead atoms. The summed E-state index contributed by atoms with van der Waals surface area (Å²) in [4.78, 5) is 0.159. The van der Waals surface area contributed by atoms with Gasteiger partial charge in [-0.25, -0.2) is 8.42 Å². The number of hydrogen-bond acceptors (Lipinski definition) is 3. The molecule has 0 saturated carbocycles. The first-order chi connectivity index (χ1) is 10.4. The fourth-order valence-electron chi connectivity index (χ4n) is 2.82. The number of hydrogen-bond donors (Lipinski definition) is 1. The molecular weight excluding hydrogens is 322 g/mol. The first kappa shape index (κ1) is 17.2. The Labute approximate surface area is 136 Å². The zero-order valence-electron chi connectivity index (χ0n) is 12.2. The Morgan fingerprint density at radius 2 is 1.91 bits per heavy atom. The summed E-state index contributed by atoms with van der Waals surface area (Å²) >= 11 is 5.83. The summed E-state index contributed by atoms with van der Waals surface area (Å²) in [7, 11) is -3.75. The van der Waals surface area contributed by atoms with Crippen molar-refractivity contribution in [2.24, 2.45) is 0 Å². The first-order valence-corrected chi connectivity index (χ1v) is 8.96. The second-order valence-corrected chi connectivity index (χ2v) is 7.60. The van der Waals surface area contributed by atoms with Crippen molar-refractivity contribution in [2.75, 3.05) is 0 Å². The SMILES string of the molecule is C=C[C@@H](O)[C@@H]1CCC[C@H](C=C)N1S(=O)(=O)c1ccc(Cl)cc1. The van der Waals surface area contributed by atoms with E-state index in [-0.39, 0.29) is 10.9 Å². The van der Waals surface area contributed by atoms with Crippen LogP contribution in [0.5, 0.6) is 0 Å². The molecule has 1 aliphatic rings. The van der Waals surface area contributed by atoms with Gasteiger partial charge in [0.25, 0.3) is 0 Å². The summed E-state index contributed by atoms with van der Waals surface area (Å²) in [6.45, 7) is 7.31. The minimum atomic E-state index is -3.75. The monoisotopic (exact) mass is 341 g/mol. The van der Waals surface area contributed by atoms with Crippen LogP contribution in [-0.4, -0.2) is 36.0 Å². The summed E-state index contributed by atoms with van der Waals surface area (Å²) in [6, 6.07) is 5.16. The highest BCUT2D eigenvalue weighted by molar-refractivity contribution is 7.89. The Bertz CT molecular complexity index is 642. The normalized spacial score (nSPS) is 24.6. The molecule has 0 amide bonds. The smallest absolute Gasteiger partial charge is 0.243 e. The van der Waals surface area contributed by atoms with E-state index in [1.807, 2.05) is 0 Å². The zero-order valence-corrected chi connectivity index (χ0v) is 13.8. The maximum atomic E-state index is 13.0. The van der Waals surface area contributed by atoms with Crippen LogP contribution in [0.1, 0.15) is 19.3 Å². The number of halogens is 1. The Hall–Kier alpha value is -1.14. The Kier molecular flexibility index (Phi) is 5.45. The number of aliphatic hydroxyl groups is 1. The maximum absolute atomic E-state index is 13.0. The average molecular weight is 342 g/mol. The molecule has 1 saturated heterocycles. The van der Waals surface area contributed by atoms with E-state index in [4.69, 9.17) is 11.6 Å². The van der Waals surface area contributed by atoms with E-state index in [0.717, 1.165) is 6.42 Å². The molecule has 6 heteroatoms. The van der Waals surface area contributed by atoms with E-state index in [9.17, 15) is 13.5 Å². The molecule has 1 heterocycles. The molecule has 0 aliphatic carbocycles. The molecule has 1 N–H and O–H groups in total. The third-order valence-corrected chi connectivity index (χ3v) is 6.17. The summed E-state index contributed by atoms with van der Waals surface area (Å²) < 4.78 is 27.3. The van der Waals surface area contributed by atoms with Gasteiger partial charge in [0, 0.05) is 11.1 Å². The second kappa shape index (κ2) is 6.96. The number of nitrogens with zero attached hydrogens (tertiary/aromatic N) is 1. The van der Waals surface area contributed by atoms with Gasteiger partial charge in [-0.05, 0) is 43.5 Å². The lowest BCUT2D eigenvalue weighted by atomic mass is 9.95. The van der Waals surface area contributed by atoms with Crippen molar-refractivity contribution in [1.29, 1.82) is 0 Å². The summed E-state index contributed by atoms with van der Waals surface area (Å²) in [5, 5.41) is 10.6. The molecule has 4 nitrogen and oxygen atoms in total. The highest BCUT2D eigenvalue weighted by atomic mass is 35.5. The van der Waals surface area contributed by atoms with Gasteiger partial charge in [0.2, 0.25) is 10.0 Å².